The average Bonchev–Trinajstić information content (AvgIpc) is 3.17. The third-order valence-corrected chi connectivity index (χ3v) is 8.48. The smallest absolute Gasteiger partial charge is 0.223 e. The van der Waals surface area contributed by atoms with Crippen LogP contribution in [0.25, 0.3) is 16.8 Å². The molecule has 1 aliphatic carbocycles. The summed E-state index contributed by atoms with van der Waals surface area (Å²) in [5.74, 6) is 2.61. The van der Waals surface area contributed by atoms with Crippen LogP contribution in [0.2, 0.25) is 5.02 Å². The van der Waals surface area contributed by atoms with Gasteiger partial charge in [0.05, 0.1) is 5.69 Å². The molecule has 2 aromatic heterocycles. The predicted octanol–water partition coefficient (Wildman–Crippen LogP) is 5.82. The first-order chi connectivity index (χ1) is 16.8. The van der Waals surface area contributed by atoms with Crippen LogP contribution in [0.15, 0.2) is 30.3 Å². The van der Waals surface area contributed by atoms with Gasteiger partial charge in [0.1, 0.15) is 5.82 Å². The van der Waals surface area contributed by atoms with Gasteiger partial charge in [0.25, 0.3) is 0 Å². The summed E-state index contributed by atoms with van der Waals surface area (Å²) in [6, 6.07) is 10.3. The molecular formula is C28H36ClN5O. The molecule has 2 aliphatic rings. The molecule has 186 valence electrons. The summed E-state index contributed by atoms with van der Waals surface area (Å²) < 4.78 is 1.97. The normalized spacial score (nSPS) is 23.6. The third-order valence-electron chi connectivity index (χ3n) is 8.23. The molecule has 0 bridgehead atoms. The SMILES string of the molecule is Cc1cc(N2CCC(C(=O)NC3CCCC(C)C3C)CC2)n2nc(C)c(-c3ccc(Cl)cc3)c2n1. The van der Waals surface area contributed by atoms with Gasteiger partial charge >= 0.3 is 0 Å². The summed E-state index contributed by atoms with van der Waals surface area (Å²) in [6.07, 6.45) is 5.32. The molecule has 1 aliphatic heterocycles. The van der Waals surface area contributed by atoms with Crippen molar-refractivity contribution >= 4 is 29.0 Å². The number of aromatic nitrogens is 3. The van der Waals surface area contributed by atoms with Gasteiger partial charge in [-0.25, -0.2) is 4.98 Å². The van der Waals surface area contributed by atoms with E-state index in [0.29, 0.717) is 22.9 Å². The minimum atomic E-state index is 0.0816. The Morgan fingerprint density at radius 1 is 1.06 bits per heavy atom. The van der Waals surface area contributed by atoms with Gasteiger partial charge in [0.15, 0.2) is 5.65 Å². The molecule has 1 saturated heterocycles. The second kappa shape index (κ2) is 9.81. The Morgan fingerprint density at radius 3 is 2.49 bits per heavy atom. The molecule has 5 rings (SSSR count). The van der Waals surface area contributed by atoms with Gasteiger partial charge in [-0.1, -0.05) is 50.4 Å². The largest absolute Gasteiger partial charge is 0.356 e. The predicted molar refractivity (Wildman–Crippen MR) is 142 cm³/mol. The fourth-order valence-corrected chi connectivity index (χ4v) is 5.99. The second-order valence-corrected chi connectivity index (χ2v) is 11.0. The number of hydrogen-bond donors (Lipinski definition) is 1. The Labute approximate surface area is 213 Å². The molecule has 3 aromatic rings. The average molecular weight is 494 g/mol. The number of carbonyl (C=O) groups is 1. The highest BCUT2D eigenvalue weighted by molar-refractivity contribution is 6.30. The summed E-state index contributed by atoms with van der Waals surface area (Å²) >= 11 is 6.11. The van der Waals surface area contributed by atoms with E-state index < -0.39 is 0 Å². The van der Waals surface area contributed by atoms with Gasteiger partial charge in [-0.2, -0.15) is 9.61 Å². The molecule has 3 atom stereocenters. The number of benzene rings is 1. The standard InChI is InChI=1S/C28H36ClN5O/c1-17-6-5-7-24(19(17)3)31-28(35)22-12-14-33(15-13-22)25-16-18(2)30-27-26(20(4)32-34(25)27)21-8-10-23(29)11-9-21/h8-11,16-17,19,22,24H,5-7,12-15H2,1-4H3,(H,31,35). The lowest BCUT2D eigenvalue weighted by Crippen LogP contribution is -2.48. The molecule has 3 heterocycles. The van der Waals surface area contributed by atoms with Gasteiger partial charge in [-0.05, 0) is 62.6 Å². The Kier molecular flexibility index (Phi) is 6.75. The monoisotopic (exact) mass is 493 g/mol. The lowest BCUT2D eigenvalue weighted by Gasteiger charge is -2.37. The van der Waals surface area contributed by atoms with Crippen molar-refractivity contribution in [3.8, 4) is 11.1 Å². The first kappa shape index (κ1) is 24.1. The summed E-state index contributed by atoms with van der Waals surface area (Å²) in [7, 11) is 0. The van der Waals surface area contributed by atoms with E-state index in [2.05, 4.69) is 30.1 Å². The summed E-state index contributed by atoms with van der Waals surface area (Å²) in [6.45, 7) is 10.3. The number of nitrogens with zero attached hydrogens (tertiary/aromatic N) is 4. The number of piperidine rings is 1. The fraction of sp³-hybridized carbons (Fsp3) is 0.536. The van der Waals surface area contributed by atoms with Crippen molar-refractivity contribution < 1.29 is 4.79 Å². The van der Waals surface area contributed by atoms with Crippen molar-refractivity contribution in [3.63, 3.8) is 0 Å². The van der Waals surface area contributed by atoms with Gasteiger partial charge in [-0.15, -0.1) is 0 Å². The molecule has 1 N–H and O–H groups in total. The van der Waals surface area contributed by atoms with Crippen molar-refractivity contribution in [2.45, 2.75) is 65.8 Å². The van der Waals surface area contributed by atoms with Gasteiger partial charge in [0, 0.05) is 47.4 Å². The number of aryl methyl sites for hydroxylation is 2. The summed E-state index contributed by atoms with van der Waals surface area (Å²) in [5.41, 5.74) is 4.86. The van der Waals surface area contributed by atoms with E-state index in [0.717, 1.165) is 66.3 Å². The van der Waals surface area contributed by atoms with Crippen LogP contribution in [-0.4, -0.2) is 39.6 Å². The topological polar surface area (TPSA) is 62.5 Å². The molecule has 2 fully saturated rings. The Bertz CT molecular complexity index is 1210. The van der Waals surface area contributed by atoms with E-state index >= 15 is 0 Å². The third kappa shape index (κ3) is 4.77. The maximum absolute atomic E-state index is 13.1. The number of nitrogens with one attached hydrogen (secondary N) is 1. The lowest BCUT2D eigenvalue weighted by atomic mass is 9.78. The molecule has 1 amide bonds. The van der Waals surface area contributed by atoms with E-state index in [9.17, 15) is 4.79 Å². The first-order valence-corrected chi connectivity index (χ1v) is 13.4. The molecule has 3 unspecified atom stereocenters. The van der Waals surface area contributed by atoms with Crippen LogP contribution >= 0.6 is 11.6 Å². The van der Waals surface area contributed by atoms with E-state index in [1.165, 1.54) is 12.8 Å². The highest BCUT2D eigenvalue weighted by Crippen LogP contribution is 2.33. The maximum atomic E-state index is 13.1. The Hall–Kier alpha value is -2.60. The van der Waals surface area contributed by atoms with E-state index in [-0.39, 0.29) is 11.8 Å². The van der Waals surface area contributed by atoms with Crippen LogP contribution in [0.3, 0.4) is 0 Å². The van der Waals surface area contributed by atoms with Crippen LogP contribution in [0, 0.1) is 31.6 Å². The number of anilines is 1. The zero-order valence-corrected chi connectivity index (χ0v) is 22.0. The molecule has 35 heavy (non-hydrogen) atoms. The van der Waals surface area contributed by atoms with Crippen molar-refractivity contribution in [1.82, 2.24) is 19.9 Å². The minimum absolute atomic E-state index is 0.0816. The number of rotatable bonds is 4. The highest BCUT2D eigenvalue weighted by atomic mass is 35.5. The molecule has 7 heteroatoms. The van der Waals surface area contributed by atoms with Crippen molar-refractivity contribution in [2.75, 3.05) is 18.0 Å². The second-order valence-electron chi connectivity index (χ2n) is 10.6. The summed E-state index contributed by atoms with van der Waals surface area (Å²) in [5, 5.41) is 8.99. The van der Waals surface area contributed by atoms with Crippen LogP contribution in [0.4, 0.5) is 5.82 Å². The highest BCUT2D eigenvalue weighted by Gasteiger charge is 2.32. The number of halogens is 1. The number of fused-ring (bicyclic) bond motifs is 1. The van der Waals surface area contributed by atoms with Crippen LogP contribution in [0.5, 0.6) is 0 Å². The quantitative estimate of drug-likeness (QED) is 0.497. The zero-order valence-electron chi connectivity index (χ0n) is 21.2. The minimum Gasteiger partial charge on any atom is -0.356 e. The molecule has 6 nitrogen and oxygen atoms in total. The van der Waals surface area contributed by atoms with E-state index in [4.69, 9.17) is 21.7 Å². The van der Waals surface area contributed by atoms with Gasteiger partial charge in [-0.3, -0.25) is 4.79 Å². The molecule has 1 saturated carbocycles. The van der Waals surface area contributed by atoms with Gasteiger partial charge in [0.2, 0.25) is 5.91 Å². The lowest BCUT2D eigenvalue weighted by molar-refractivity contribution is -0.127. The van der Waals surface area contributed by atoms with Crippen LogP contribution < -0.4 is 10.2 Å². The van der Waals surface area contributed by atoms with E-state index in [1.807, 2.05) is 42.6 Å². The number of hydrogen-bond acceptors (Lipinski definition) is 4. The maximum Gasteiger partial charge on any atom is 0.223 e. The molecule has 1 aromatic carbocycles. The molecular weight excluding hydrogens is 458 g/mol. The van der Waals surface area contributed by atoms with Crippen molar-refractivity contribution in [1.29, 1.82) is 0 Å². The Morgan fingerprint density at radius 2 is 1.77 bits per heavy atom. The van der Waals surface area contributed by atoms with Crippen LogP contribution in [0.1, 0.15) is 57.3 Å². The number of carbonyl (C=O) groups excluding carboxylic acids is 1. The Balaban J connectivity index is 1.33. The molecule has 0 radical (unpaired) electrons. The van der Waals surface area contributed by atoms with E-state index in [1.54, 1.807) is 0 Å². The van der Waals surface area contributed by atoms with Crippen molar-refractivity contribution in [2.24, 2.45) is 17.8 Å². The zero-order chi connectivity index (χ0) is 24.7. The molecule has 0 spiro atoms. The van der Waals surface area contributed by atoms with Crippen molar-refractivity contribution in [3.05, 3.63) is 46.7 Å². The number of amides is 1. The first-order valence-electron chi connectivity index (χ1n) is 13.0. The van der Waals surface area contributed by atoms with Gasteiger partial charge < -0.3 is 10.2 Å². The fourth-order valence-electron chi connectivity index (χ4n) is 5.86. The summed E-state index contributed by atoms with van der Waals surface area (Å²) in [4.78, 5) is 20.3. The van der Waals surface area contributed by atoms with Crippen LogP contribution in [-0.2, 0) is 4.79 Å².